The molecule has 1 saturated carbocycles. The maximum atomic E-state index is 12.7. The Balaban J connectivity index is 1.69. The van der Waals surface area contributed by atoms with Crippen molar-refractivity contribution in [2.24, 2.45) is 5.92 Å². The van der Waals surface area contributed by atoms with Crippen molar-refractivity contribution in [2.45, 2.75) is 25.8 Å². The third-order valence-electron chi connectivity index (χ3n) is 5.26. The minimum atomic E-state index is -3.53. The van der Waals surface area contributed by atoms with Gasteiger partial charge in [-0.1, -0.05) is 11.2 Å². The van der Waals surface area contributed by atoms with Crippen LogP contribution in [-0.4, -0.2) is 60.9 Å². The molecule has 1 aliphatic rings. The van der Waals surface area contributed by atoms with E-state index in [4.69, 9.17) is 13.4 Å². The zero-order chi connectivity index (χ0) is 29.2. The number of ether oxygens (including phenoxy) is 1. The molecule has 2 amide bonds. The standard InChI is InChI=1S/C22H26N8O6S/c1-11(30-37(4,33)34)19-26-22(36-29-19)13-6-5-7-14(18(13)35-3)24-15-10-16(25-20(31)12-8-9-12)27-28-17(15)21(32)23-2/h5-7,10-12,30H,8-9H2,1-4H3,(H,23,32)(H2,24,25,27,31)/t11-/m1/s1/i2D3. The minimum absolute atomic E-state index is 0.0169. The van der Waals surface area contributed by atoms with Crippen molar-refractivity contribution in [1.29, 1.82) is 0 Å². The van der Waals surface area contributed by atoms with Crippen molar-refractivity contribution in [3.05, 3.63) is 35.8 Å². The van der Waals surface area contributed by atoms with Crippen molar-refractivity contribution >= 4 is 39.0 Å². The van der Waals surface area contributed by atoms with Gasteiger partial charge in [0.25, 0.3) is 11.8 Å². The van der Waals surface area contributed by atoms with Crippen LogP contribution in [0.5, 0.6) is 5.75 Å². The number of amides is 2. The number of methoxy groups -OCH3 is 1. The smallest absolute Gasteiger partial charge is 0.273 e. The molecule has 1 atom stereocenters. The molecule has 1 fully saturated rings. The Morgan fingerprint density at radius 1 is 1.24 bits per heavy atom. The van der Waals surface area contributed by atoms with Crippen molar-refractivity contribution < 1.29 is 31.4 Å². The van der Waals surface area contributed by atoms with Gasteiger partial charge >= 0.3 is 0 Å². The van der Waals surface area contributed by atoms with Gasteiger partial charge in [0.2, 0.25) is 15.9 Å². The average Bonchev–Trinajstić information content (AvgIpc) is 3.58. The maximum Gasteiger partial charge on any atom is 0.273 e. The molecule has 14 nitrogen and oxygen atoms in total. The van der Waals surface area contributed by atoms with E-state index in [-0.39, 0.29) is 52.2 Å². The van der Waals surface area contributed by atoms with E-state index in [0.717, 1.165) is 19.1 Å². The number of sulfonamides is 1. The molecule has 15 heteroatoms. The number of hydrogen-bond donors (Lipinski definition) is 4. The van der Waals surface area contributed by atoms with Crippen LogP contribution >= 0.6 is 0 Å². The third kappa shape index (κ3) is 6.18. The van der Waals surface area contributed by atoms with Gasteiger partial charge in [0.05, 0.1) is 36.3 Å². The van der Waals surface area contributed by atoms with Crippen LogP contribution in [0.15, 0.2) is 28.8 Å². The van der Waals surface area contributed by atoms with Gasteiger partial charge in [-0.05, 0) is 31.9 Å². The van der Waals surface area contributed by atoms with Gasteiger partial charge < -0.3 is 25.2 Å². The number of anilines is 3. The highest BCUT2D eigenvalue weighted by Crippen LogP contribution is 2.38. The molecule has 196 valence electrons. The summed E-state index contributed by atoms with van der Waals surface area (Å²) in [5.41, 5.74) is 0.289. The van der Waals surface area contributed by atoms with Gasteiger partial charge in [-0.2, -0.15) is 4.98 Å². The van der Waals surface area contributed by atoms with E-state index in [9.17, 15) is 18.0 Å². The Morgan fingerprint density at radius 2 is 2.03 bits per heavy atom. The van der Waals surface area contributed by atoms with Crippen LogP contribution in [0.3, 0.4) is 0 Å². The molecule has 4 rings (SSSR count). The van der Waals surface area contributed by atoms with Gasteiger partial charge in [-0.3, -0.25) is 9.59 Å². The molecule has 0 saturated heterocycles. The number of aromatic nitrogens is 4. The largest absolute Gasteiger partial charge is 0.494 e. The number of carbonyl (C=O) groups excluding carboxylic acids is 2. The van der Waals surface area contributed by atoms with Crippen molar-refractivity contribution in [3.8, 4) is 17.2 Å². The number of nitrogens with one attached hydrogen (secondary N) is 4. The Labute approximate surface area is 216 Å². The van der Waals surface area contributed by atoms with Crippen LogP contribution in [-0.2, 0) is 14.8 Å². The quantitative estimate of drug-likeness (QED) is 0.296. The monoisotopic (exact) mass is 533 g/mol. The average molecular weight is 534 g/mol. The van der Waals surface area contributed by atoms with Gasteiger partial charge in [0.1, 0.15) is 0 Å². The second-order valence-electron chi connectivity index (χ2n) is 8.29. The van der Waals surface area contributed by atoms with Crippen LogP contribution in [0.25, 0.3) is 11.5 Å². The molecule has 0 bridgehead atoms. The Kier molecular flexibility index (Phi) is 6.26. The van der Waals surface area contributed by atoms with E-state index in [2.05, 4.69) is 35.7 Å². The molecule has 2 aromatic heterocycles. The number of hydrogen-bond acceptors (Lipinski definition) is 11. The highest BCUT2D eigenvalue weighted by Gasteiger charge is 2.30. The molecule has 37 heavy (non-hydrogen) atoms. The van der Waals surface area contributed by atoms with Crippen molar-refractivity contribution in [1.82, 2.24) is 30.4 Å². The summed E-state index contributed by atoms with van der Waals surface area (Å²) in [6.45, 7) is -1.24. The first-order valence-corrected chi connectivity index (χ1v) is 12.9. The first kappa shape index (κ1) is 22.1. The predicted octanol–water partition coefficient (Wildman–Crippen LogP) is 1.60. The summed E-state index contributed by atoms with van der Waals surface area (Å²) in [6, 6.07) is 5.41. The summed E-state index contributed by atoms with van der Waals surface area (Å²) in [7, 11) is -2.15. The van der Waals surface area contributed by atoms with Crippen LogP contribution in [0.2, 0.25) is 0 Å². The summed E-state index contributed by atoms with van der Waals surface area (Å²) in [6.07, 6.45) is 2.52. The highest BCUT2D eigenvalue weighted by molar-refractivity contribution is 7.88. The Hall–Kier alpha value is -4.11. The molecule has 0 spiro atoms. The molecule has 2 heterocycles. The number of rotatable bonds is 10. The molecular formula is C22H26N8O6S. The van der Waals surface area contributed by atoms with E-state index in [1.54, 1.807) is 25.1 Å². The zero-order valence-corrected chi connectivity index (χ0v) is 20.8. The molecule has 0 aliphatic heterocycles. The normalized spacial score (nSPS) is 15.6. The fourth-order valence-corrected chi connectivity index (χ4v) is 4.16. The van der Waals surface area contributed by atoms with Crippen molar-refractivity contribution in [2.75, 3.05) is 31.0 Å². The molecule has 3 aromatic rings. The fourth-order valence-electron chi connectivity index (χ4n) is 3.41. The highest BCUT2D eigenvalue weighted by atomic mass is 32.2. The van der Waals surface area contributed by atoms with Gasteiger partial charge in [0, 0.05) is 23.1 Å². The SMILES string of the molecule is [2H]C([2H])([2H])NC(=O)c1nnc(NC(=O)C2CC2)cc1Nc1cccc(-c2nc([C@@H](C)NS(C)(=O)=O)no2)c1OC. The lowest BCUT2D eigenvalue weighted by atomic mass is 10.1. The van der Waals surface area contributed by atoms with Crippen molar-refractivity contribution in [3.63, 3.8) is 0 Å². The van der Waals surface area contributed by atoms with Crippen LogP contribution in [0.1, 0.15) is 46.2 Å². The molecule has 0 radical (unpaired) electrons. The second kappa shape index (κ2) is 10.5. The lowest BCUT2D eigenvalue weighted by Crippen LogP contribution is -2.26. The van der Waals surface area contributed by atoms with Gasteiger partial charge in [0.15, 0.2) is 23.1 Å². The number of nitrogens with zero attached hydrogens (tertiary/aromatic N) is 4. The lowest BCUT2D eigenvalue weighted by molar-refractivity contribution is -0.117. The van der Waals surface area contributed by atoms with E-state index < -0.39 is 28.9 Å². The molecule has 4 N–H and O–H groups in total. The first-order valence-electron chi connectivity index (χ1n) is 12.5. The topological polar surface area (TPSA) is 190 Å². The van der Waals surface area contributed by atoms with E-state index >= 15 is 0 Å². The predicted molar refractivity (Wildman–Crippen MR) is 133 cm³/mol. The summed E-state index contributed by atoms with van der Waals surface area (Å²) >= 11 is 0. The van der Waals surface area contributed by atoms with E-state index in [0.29, 0.717) is 5.56 Å². The van der Waals surface area contributed by atoms with Crippen LogP contribution < -0.4 is 25.4 Å². The second-order valence-corrected chi connectivity index (χ2v) is 10.1. The molecule has 1 aliphatic carbocycles. The summed E-state index contributed by atoms with van der Waals surface area (Å²) in [4.78, 5) is 29.2. The minimum Gasteiger partial charge on any atom is -0.494 e. The summed E-state index contributed by atoms with van der Waals surface area (Å²) in [5, 5.41) is 19.0. The number of para-hydroxylation sites is 1. The maximum absolute atomic E-state index is 12.7. The summed E-state index contributed by atoms with van der Waals surface area (Å²) in [5.74, 6) is -1.05. The van der Waals surface area contributed by atoms with Crippen LogP contribution in [0, 0.1) is 5.92 Å². The fraction of sp³-hybridized carbons (Fsp3) is 0.364. The number of carbonyl (C=O) groups is 2. The molecular weight excluding hydrogens is 504 g/mol. The van der Waals surface area contributed by atoms with Gasteiger partial charge in [-0.15, -0.1) is 10.2 Å². The number of benzene rings is 1. The first-order chi connectivity index (χ1) is 18.7. The van der Waals surface area contributed by atoms with E-state index in [1.807, 2.05) is 5.32 Å². The molecule has 0 unspecified atom stereocenters. The lowest BCUT2D eigenvalue weighted by Gasteiger charge is -2.16. The van der Waals surface area contributed by atoms with E-state index in [1.165, 1.54) is 13.2 Å². The summed E-state index contributed by atoms with van der Waals surface area (Å²) < 4.78 is 58.5. The van der Waals surface area contributed by atoms with Gasteiger partial charge in [-0.25, -0.2) is 13.1 Å². The van der Waals surface area contributed by atoms with Crippen LogP contribution in [0.4, 0.5) is 17.2 Å². The Bertz CT molecular complexity index is 1540. The third-order valence-corrected chi connectivity index (χ3v) is 6.04. The Morgan fingerprint density at radius 3 is 2.70 bits per heavy atom. The zero-order valence-electron chi connectivity index (χ0n) is 23.0. The molecule has 1 aromatic carbocycles.